The maximum absolute atomic E-state index is 13.2. The normalized spacial score (nSPS) is 11.2. The van der Waals surface area contributed by atoms with Gasteiger partial charge in [0.25, 0.3) is 5.91 Å². The van der Waals surface area contributed by atoms with Crippen molar-refractivity contribution in [1.82, 2.24) is 0 Å². The maximum Gasteiger partial charge on any atom is 0.255 e. The van der Waals surface area contributed by atoms with Crippen molar-refractivity contribution in [2.75, 3.05) is 11.6 Å². The molecular formula is C16H16FNO3S. The van der Waals surface area contributed by atoms with Crippen LogP contribution < -0.4 is 5.32 Å². The van der Waals surface area contributed by atoms with Gasteiger partial charge in [-0.3, -0.25) is 4.79 Å². The lowest BCUT2D eigenvalue weighted by molar-refractivity contribution is 0.102. The molecule has 2 aromatic rings. The molecule has 22 heavy (non-hydrogen) atoms. The Morgan fingerprint density at radius 3 is 2.55 bits per heavy atom. The molecule has 0 fully saturated rings. The molecule has 0 aliphatic heterocycles. The SMILES string of the molecule is Cc1cc(C(=O)Nc2cccc(CS(C)(=O)=O)c2)ccc1F. The Morgan fingerprint density at radius 2 is 1.91 bits per heavy atom. The minimum atomic E-state index is -3.14. The summed E-state index contributed by atoms with van der Waals surface area (Å²) in [7, 11) is -3.14. The molecule has 0 atom stereocenters. The molecule has 0 bridgehead atoms. The van der Waals surface area contributed by atoms with Gasteiger partial charge in [-0.2, -0.15) is 0 Å². The predicted octanol–water partition coefficient (Wildman–Crippen LogP) is 2.93. The fourth-order valence-electron chi connectivity index (χ4n) is 2.03. The number of sulfone groups is 1. The highest BCUT2D eigenvalue weighted by Gasteiger charge is 2.10. The minimum absolute atomic E-state index is 0.0909. The van der Waals surface area contributed by atoms with Gasteiger partial charge < -0.3 is 5.32 Å². The number of carbonyl (C=O) groups is 1. The van der Waals surface area contributed by atoms with E-state index >= 15 is 0 Å². The molecule has 0 saturated carbocycles. The number of carbonyl (C=O) groups excluding carboxylic acids is 1. The van der Waals surface area contributed by atoms with Crippen LogP contribution in [0.4, 0.5) is 10.1 Å². The highest BCUT2D eigenvalue weighted by Crippen LogP contribution is 2.15. The molecule has 1 amide bonds. The Balaban J connectivity index is 2.18. The third kappa shape index (κ3) is 4.39. The minimum Gasteiger partial charge on any atom is -0.322 e. The fourth-order valence-corrected chi connectivity index (χ4v) is 2.82. The van der Waals surface area contributed by atoms with Gasteiger partial charge in [0.1, 0.15) is 5.82 Å². The molecule has 0 radical (unpaired) electrons. The van der Waals surface area contributed by atoms with Gasteiger partial charge in [0.05, 0.1) is 5.75 Å². The van der Waals surface area contributed by atoms with Crippen LogP contribution in [0.2, 0.25) is 0 Å². The smallest absolute Gasteiger partial charge is 0.255 e. The molecule has 0 aromatic heterocycles. The second-order valence-corrected chi connectivity index (χ2v) is 7.33. The van der Waals surface area contributed by atoms with E-state index in [1.807, 2.05) is 0 Å². The van der Waals surface area contributed by atoms with E-state index in [4.69, 9.17) is 0 Å². The summed E-state index contributed by atoms with van der Waals surface area (Å²) < 4.78 is 35.8. The van der Waals surface area contributed by atoms with E-state index in [0.29, 0.717) is 22.4 Å². The van der Waals surface area contributed by atoms with Gasteiger partial charge in [0, 0.05) is 17.5 Å². The topological polar surface area (TPSA) is 63.2 Å². The van der Waals surface area contributed by atoms with Crippen LogP contribution in [-0.4, -0.2) is 20.6 Å². The van der Waals surface area contributed by atoms with Gasteiger partial charge in [-0.15, -0.1) is 0 Å². The Hall–Kier alpha value is -2.21. The van der Waals surface area contributed by atoms with Crippen LogP contribution in [0.1, 0.15) is 21.5 Å². The van der Waals surface area contributed by atoms with Gasteiger partial charge in [0.15, 0.2) is 9.84 Å². The largest absolute Gasteiger partial charge is 0.322 e. The second kappa shape index (κ2) is 6.27. The van der Waals surface area contributed by atoms with Gasteiger partial charge in [-0.1, -0.05) is 12.1 Å². The van der Waals surface area contributed by atoms with Crippen LogP contribution in [0.5, 0.6) is 0 Å². The van der Waals surface area contributed by atoms with Crippen molar-refractivity contribution in [3.05, 3.63) is 65.0 Å². The van der Waals surface area contributed by atoms with Crippen LogP contribution >= 0.6 is 0 Å². The van der Waals surface area contributed by atoms with Crippen molar-refractivity contribution in [2.24, 2.45) is 0 Å². The lowest BCUT2D eigenvalue weighted by Gasteiger charge is -2.08. The highest BCUT2D eigenvalue weighted by atomic mass is 32.2. The zero-order valence-corrected chi connectivity index (χ0v) is 13.1. The third-order valence-corrected chi connectivity index (χ3v) is 3.89. The van der Waals surface area contributed by atoms with Crippen molar-refractivity contribution < 1.29 is 17.6 Å². The van der Waals surface area contributed by atoms with Gasteiger partial charge >= 0.3 is 0 Å². The van der Waals surface area contributed by atoms with E-state index in [2.05, 4.69) is 5.32 Å². The van der Waals surface area contributed by atoms with Crippen molar-refractivity contribution in [1.29, 1.82) is 0 Å². The number of benzene rings is 2. The number of aryl methyl sites for hydroxylation is 1. The van der Waals surface area contributed by atoms with Crippen LogP contribution in [0, 0.1) is 12.7 Å². The van der Waals surface area contributed by atoms with Crippen molar-refractivity contribution in [3.63, 3.8) is 0 Å². The third-order valence-electron chi connectivity index (χ3n) is 3.03. The summed E-state index contributed by atoms with van der Waals surface area (Å²) in [6.07, 6.45) is 1.15. The molecule has 0 saturated heterocycles. The number of nitrogens with one attached hydrogen (secondary N) is 1. The summed E-state index contributed by atoms with van der Waals surface area (Å²) in [5, 5.41) is 2.67. The van der Waals surface area contributed by atoms with Crippen molar-refractivity contribution in [2.45, 2.75) is 12.7 Å². The molecule has 2 rings (SSSR count). The molecule has 0 aliphatic carbocycles. The van der Waals surface area contributed by atoms with Gasteiger partial charge in [0.2, 0.25) is 0 Å². The molecule has 2 aromatic carbocycles. The Kier molecular flexibility index (Phi) is 4.61. The number of hydrogen-bond acceptors (Lipinski definition) is 3. The number of hydrogen-bond donors (Lipinski definition) is 1. The molecule has 0 unspecified atom stereocenters. The number of anilines is 1. The van der Waals surface area contributed by atoms with Gasteiger partial charge in [-0.25, -0.2) is 12.8 Å². The molecule has 116 valence electrons. The highest BCUT2D eigenvalue weighted by molar-refractivity contribution is 7.89. The summed E-state index contributed by atoms with van der Waals surface area (Å²) in [6.45, 7) is 1.58. The second-order valence-electron chi connectivity index (χ2n) is 5.19. The van der Waals surface area contributed by atoms with Crippen LogP contribution in [0.3, 0.4) is 0 Å². The Labute approximate surface area is 128 Å². The standard InChI is InChI=1S/C16H16FNO3S/c1-11-8-13(6-7-15(11)17)16(19)18-14-5-3-4-12(9-14)10-22(2,20)21/h3-9H,10H2,1-2H3,(H,18,19). The van der Waals surface area contributed by atoms with Crippen LogP contribution in [-0.2, 0) is 15.6 Å². The summed E-state index contributed by atoms with van der Waals surface area (Å²) in [5.74, 6) is -0.835. The van der Waals surface area contributed by atoms with E-state index < -0.39 is 9.84 Å². The van der Waals surface area contributed by atoms with E-state index in [1.54, 1.807) is 31.2 Å². The van der Waals surface area contributed by atoms with Crippen LogP contribution in [0.25, 0.3) is 0 Å². The molecule has 4 nitrogen and oxygen atoms in total. The summed E-state index contributed by atoms with van der Waals surface area (Å²) in [4.78, 5) is 12.1. The summed E-state index contributed by atoms with van der Waals surface area (Å²) in [6, 6.07) is 10.7. The first-order chi connectivity index (χ1) is 10.2. The van der Waals surface area contributed by atoms with Crippen LogP contribution in [0.15, 0.2) is 42.5 Å². The molecule has 0 heterocycles. The predicted molar refractivity (Wildman–Crippen MR) is 84.1 cm³/mol. The quantitative estimate of drug-likeness (QED) is 0.942. The Morgan fingerprint density at radius 1 is 1.18 bits per heavy atom. The van der Waals surface area contributed by atoms with E-state index in [1.165, 1.54) is 18.2 Å². The average molecular weight is 321 g/mol. The first kappa shape index (κ1) is 16.2. The Bertz CT molecular complexity index is 816. The zero-order valence-electron chi connectivity index (χ0n) is 12.3. The first-order valence-corrected chi connectivity index (χ1v) is 8.65. The maximum atomic E-state index is 13.2. The molecule has 6 heteroatoms. The average Bonchev–Trinajstić information content (AvgIpc) is 2.40. The van der Waals surface area contributed by atoms with Gasteiger partial charge in [-0.05, 0) is 48.4 Å². The molecular weight excluding hydrogens is 305 g/mol. The van der Waals surface area contributed by atoms with E-state index in [9.17, 15) is 17.6 Å². The molecule has 1 N–H and O–H groups in total. The van der Waals surface area contributed by atoms with Crippen molar-refractivity contribution in [3.8, 4) is 0 Å². The van der Waals surface area contributed by atoms with E-state index in [-0.39, 0.29) is 17.5 Å². The number of halogens is 1. The first-order valence-electron chi connectivity index (χ1n) is 6.59. The lowest BCUT2D eigenvalue weighted by atomic mass is 10.1. The summed E-state index contributed by atoms with van der Waals surface area (Å²) in [5.41, 5.74) is 1.81. The monoisotopic (exact) mass is 321 g/mol. The van der Waals surface area contributed by atoms with E-state index in [0.717, 1.165) is 6.26 Å². The summed E-state index contributed by atoms with van der Waals surface area (Å²) >= 11 is 0. The van der Waals surface area contributed by atoms with Crippen molar-refractivity contribution >= 4 is 21.4 Å². The molecule has 0 aliphatic rings. The number of rotatable bonds is 4. The molecule has 0 spiro atoms. The zero-order chi connectivity index (χ0) is 16.3. The lowest BCUT2D eigenvalue weighted by Crippen LogP contribution is -2.12. The number of amides is 1. The fraction of sp³-hybridized carbons (Fsp3) is 0.188.